The summed E-state index contributed by atoms with van der Waals surface area (Å²) < 4.78 is 0. The number of benzene rings is 1. The van der Waals surface area contributed by atoms with E-state index in [0.29, 0.717) is 30.4 Å². The summed E-state index contributed by atoms with van der Waals surface area (Å²) >= 11 is 5.97. The summed E-state index contributed by atoms with van der Waals surface area (Å²) in [6, 6.07) is 12.0. The molecule has 0 radical (unpaired) electrons. The molecular formula is C20H24ClN5O2. The molecule has 1 aromatic heterocycles. The van der Waals surface area contributed by atoms with Gasteiger partial charge < -0.3 is 16.8 Å². The largest absolute Gasteiger partial charge is 0.368 e. The van der Waals surface area contributed by atoms with Crippen molar-refractivity contribution in [1.82, 2.24) is 9.88 Å². The lowest BCUT2D eigenvalue weighted by Crippen LogP contribution is -2.40. The summed E-state index contributed by atoms with van der Waals surface area (Å²) in [5, 5.41) is 3.36. The van der Waals surface area contributed by atoms with Crippen LogP contribution in [0.2, 0.25) is 5.02 Å². The second-order valence-electron chi connectivity index (χ2n) is 7.12. The van der Waals surface area contributed by atoms with Gasteiger partial charge in [-0.25, -0.2) is 4.98 Å². The fourth-order valence-electron chi connectivity index (χ4n) is 3.44. The van der Waals surface area contributed by atoms with Gasteiger partial charge in [0.15, 0.2) is 0 Å². The molecule has 1 fully saturated rings. The molecule has 0 spiro atoms. The number of carbonyl (C=O) groups excluding carboxylic acids is 2. The van der Waals surface area contributed by atoms with Gasteiger partial charge in [0.05, 0.1) is 17.8 Å². The van der Waals surface area contributed by atoms with Crippen LogP contribution in [0.15, 0.2) is 42.5 Å². The molecule has 5 N–H and O–H groups in total. The lowest BCUT2D eigenvalue weighted by Gasteiger charge is -2.21. The fraction of sp³-hybridized carbons (Fsp3) is 0.350. The summed E-state index contributed by atoms with van der Waals surface area (Å²) in [4.78, 5) is 30.3. The molecule has 1 aliphatic rings. The number of likely N-dealkylation sites (tertiary alicyclic amines) is 1. The fourth-order valence-corrected chi connectivity index (χ4v) is 3.56. The zero-order valence-electron chi connectivity index (χ0n) is 15.6. The Morgan fingerprint density at radius 3 is 2.64 bits per heavy atom. The minimum Gasteiger partial charge on any atom is -0.368 e. The Hall–Kier alpha value is -2.48. The summed E-state index contributed by atoms with van der Waals surface area (Å²) in [7, 11) is 0. The first-order valence-electron chi connectivity index (χ1n) is 9.14. The van der Waals surface area contributed by atoms with Crippen LogP contribution in [-0.2, 0) is 16.1 Å². The lowest BCUT2D eigenvalue weighted by atomic mass is 9.96. The lowest BCUT2D eigenvalue weighted by molar-refractivity contribution is -0.122. The quantitative estimate of drug-likeness (QED) is 0.683. The van der Waals surface area contributed by atoms with E-state index in [1.807, 2.05) is 41.3 Å². The number of rotatable bonds is 6. The van der Waals surface area contributed by atoms with Crippen LogP contribution in [0.5, 0.6) is 0 Å². The zero-order valence-corrected chi connectivity index (χ0v) is 16.4. The molecule has 7 nitrogen and oxygen atoms in total. The average molecular weight is 402 g/mol. The standard InChI is InChI=1S/C20H24ClN5O2/c1-12(22)20(28)25-18-4-2-3-16(24-18)11-26-10-14(9-17(26)19(23)27)13-5-7-15(21)8-6-13/h2-8,12,14,17H,9-11,22H2,1H3,(H2,23,27)(H,24,25,28)/t12-,14?,17-/m0/s1. The first-order chi connectivity index (χ1) is 13.3. The van der Waals surface area contributed by atoms with Gasteiger partial charge in [-0.1, -0.05) is 29.8 Å². The van der Waals surface area contributed by atoms with E-state index in [2.05, 4.69) is 10.3 Å². The highest BCUT2D eigenvalue weighted by Crippen LogP contribution is 2.33. The Kier molecular flexibility index (Phi) is 6.28. The van der Waals surface area contributed by atoms with Crippen LogP contribution >= 0.6 is 11.6 Å². The minimum atomic E-state index is -0.622. The number of carbonyl (C=O) groups is 2. The Balaban J connectivity index is 1.74. The maximum atomic E-state index is 12.0. The maximum absolute atomic E-state index is 12.0. The van der Waals surface area contributed by atoms with Crippen molar-refractivity contribution in [2.45, 2.75) is 37.9 Å². The van der Waals surface area contributed by atoms with Gasteiger partial charge in [-0.05, 0) is 49.1 Å². The topological polar surface area (TPSA) is 114 Å². The Bertz CT molecular complexity index is 856. The molecule has 28 heavy (non-hydrogen) atoms. The number of hydrogen-bond acceptors (Lipinski definition) is 5. The molecule has 148 valence electrons. The second kappa shape index (κ2) is 8.68. The van der Waals surface area contributed by atoms with Crippen molar-refractivity contribution < 1.29 is 9.59 Å². The van der Waals surface area contributed by atoms with Crippen molar-refractivity contribution in [3.8, 4) is 0 Å². The molecule has 3 atom stereocenters. The number of halogens is 1. The van der Waals surface area contributed by atoms with Crippen LogP contribution in [0, 0.1) is 0 Å². The minimum absolute atomic E-state index is 0.191. The number of amides is 2. The highest BCUT2D eigenvalue weighted by molar-refractivity contribution is 6.30. The molecule has 2 aromatic rings. The van der Waals surface area contributed by atoms with Crippen molar-refractivity contribution in [3.63, 3.8) is 0 Å². The van der Waals surface area contributed by atoms with Crippen LogP contribution in [0.3, 0.4) is 0 Å². The van der Waals surface area contributed by atoms with Crippen LogP contribution in [0.4, 0.5) is 5.82 Å². The van der Waals surface area contributed by atoms with Gasteiger partial charge in [-0.2, -0.15) is 0 Å². The van der Waals surface area contributed by atoms with E-state index < -0.39 is 6.04 Å². The van der Waals surface area contributed by atoms with E-state index in [4.69, 9.17) is 23.1 Å². The summed E-state index contributed by atoms with van der Waals surface area (Å²) in [5.74, 6) is -0.0267. The van der Waals surface area contributed by atoms with Crippen LogP contribution in [0.25, 0.3) is 0 Å². The van der Waals surface area contributed by atoms with Gasteiger partial charge in [-0.3, -0.25) is 14.5 Å². The smallest absolute Gasteiger partial charge is 0.242 e. The second-order valence-corrected chi connectivity index (χ2v) is 7.56. The Morgan fingerprint density at radius 1 is 1.29 bits per heavy atom. The van der Waals surface area contributed by atoms with Crippen LogP contribution in [0.1, 0.15) is 30.5 Å². The van der Waals surface area contributed by atoms with Gasteiger partial charge in [0.1, 0.15) is 5.82 Å². The molecule has 1 saturated heterocycles. The van der Waals surface area contributed by atoms with E-state index >= 15 is 0 Å². The van der Waals surface area contributed by atoms with Crippen molar-refractivity contribution >= 4 is 29.2 Å². The van der Waals surface area contributed by atoms with Gasteiger partial charge >= 0.3 is 0 Å². The summed E-state index contributed by atoms with van der Waals surface area (Å²) in [5.41, 5.74) is 13.1. The van der Waals surface area contributed by atoms with Crippen molar-refractivity contribution in [1.29, 1.82) is 0 Å². The predicted molar refractivity (Wildman–Crippen MR) is 109 cm³/mol. The molecule has 1 unspecified atom stereocenters. The average Bonchev–Trinajstić information content (AvgIpc) is 3.06. The molecule has 2 heterocycles. The molecule has 0 saturated carbocycles. The molecule has 1 aromatic carbocycles. The number of pyridine rings is 1. The Labute approximate surface area is 169 Å². The zero-order chi connectivity index (χ0) is 20.3. The highest BCUT2D eigenvalue weighted by Gasteiger charge is 2.36. The first-order valence-corrected chi connectivity index (χ1v) is 9.52. The van der Waals surface area contributed by atoms with E-state index in [9.17, 15) is 9.59 Å². The third-order valence-corrected chi connectivity index (χ3v) is 5.16. The first kappa shape index (κ1) is 20.3. The number of nitrogens with one attached hydrogen (secondary N) is 1. The Morgan fingerprint density at radius 2 is 2.00 bits per heavy atom. The van der Waals surface area contributed by atoms with Crippen molar-refractivity contribution in [2.75, 3.05) is 11.9 Å². The van der Waals surface area contributed by atoms with Gasteiger partial charge in [0.2, 0.25) is 11.8 Å². The monoisotopic (exact) mass is 401 g/mol. The van der Waals surface area contributed by atoms with Gasteiger partial charge in [0.25, 0.3) is 0 Å². The third kappa shape index (κ3) is 4.86. The summed E-state index contributed by atoms with van der Waals surface area (Å²) in [6.45, 7) is 2.75. The molecule has 0 aliphatic carbocycles. The maximum Gasteiger partial charge on any atom is 0.242 e. The molecular weight excluding hydrogens is 378 g/mol. The van der Waals surface area contributed by atoms with Crippen molar-refractivity contribution in [3.05, 3.63) is 58.7 Å². The van der Waals surface area contributed by atoms with E-state index in [1.165, 1.54) is 0 Å². The predicted octanol–water partition coefficient (Wildman–Crippen LogP) is 1.86. The van der Waals surface area contributed by atoms with Crippen LogP contribution < -0.4 is 16.8 Å². The van der Waals surface area contributed by atoms with E-state index in [0.717, 1.165) is 11.3 Å². The number of anilines is 1. The number of nitrogens with zero attached hydrogens (tertiary/aromatic N) is 2. The number of hydrogen-bond donors (Lipinski definition) is 3. The normalized spacial score (nSPS) is 20.7. The highest BCUT2D eigenvalue weighted by atomic mass is 35.5. The van der Waals surface area contributed by atoms with Gasteiger partial charge in [0, 0.05) is 18.1 Å². The third-order valence-electron chi connectivity index (χ3n) is 4.91. The number of primary amides is 1. The number of nitrogens with two attached hydrogens (primary N) is 2. The molecule has 3 rings (SSSR count). The SMILES string of the molecule is C[C@H](N)C(=O)Nc1cccc(CN2CC(c3ccc(Cl)cc3)C[C@H]2C(N)=O)n1. The number of aromatic nitrogens is 1. The van der Waals surface area contributed by atoms with E-state index in [-0.39, 0.29) is 23.8 Å². The molecule has 2 amide bonds. The molecule has 0 bridgehead atoms. The molecule has 8 heteroatoms. The molecule has 1 aliphatic heterocycles. The van der Waals surface area contributed by atoms with Gasteiger partial charge in [-0.15, -0.1) is 0 Å². The van der Waals surface area contributed by atoms with Crippen molar-refractivity contribution in [2.24, 2.45) is 11.5 Å². The van der Waals surface area contributed by atoms with E-state index in [1.54, 1.807) is 13.0 Å². The van der Waals surface area contributed by atoms with Crippen LogP contribution in [-0.4, -0.2) is 40.3 Å². The summed E-state index contributed by atoms with van der Waals surface area (Å²) in [6.07, 6.45) is 0.651.